The van der Waals surface area contributed by atoms with Crippen LogP contribution in [0.25, 0.3) is 0 Å². The van der Waals surface area contributed by atoms with Gasteiger partial charge in [-0.05, 0) is 42.7 Å². The molecule has 8 nitrogen and oxygen atoms in total. The number of hydrogen-bond acceptors (Lipinski definition) is 5. The topological polar surface area (TPSA) is 96.0 Å². The minimum absolute atomic E-state index is 0.0776. The molecule has 0 unspecified atom stereocenters. The van der Waals surface area contributed by atoms with Gasteiger partial charge in [0.2, 0.25) is 10.0 Å². The number of piperidine rings is 1. The number of carbonyl (C=O) groups is 2. The van der Waals surface area contributed by atoms with E-state index < -0.39 is 10.0 Å². The van der Waals surface area contributed by atoms with Crippen LogP contribution in [-0.2, 0) is 20.5 Å². The largest absolute Gasteiger partial charge is 0.378 e. The predicted molar refractivity (Wildman–Crippen MR) is 126 cm³/mol. The Bertz CT molecular complexity index is 1090. The van der Waals surface area contributed by atoms with E-state index in [2.05, 4.69) is 5.32 Å². The van der Waals surface area contributed by atoms with Crippen LogP contribution >= 0.6 is 0 Å². The van der Waals surface area contributed by atoms with Crippen LogP contribution in [0.3, 0.4) is 0 Å². The molecule has 9 heteroatoms. The first-order chi connectivity index (χ1) is 15.9. The number of para-hydroxylation sites is 1. The van der Waals surface area contributed by atoms with Crippen LogP contribution in [0.4, 0.5) is 5.69 Å². The van der Waals surface area contributed by atoms with Gasteiger partial charge in [0, 0.05) is 31.7 Å². The zero-order chi connectivity index (χ0) is 23.3. The van der Waals surface area contributed by atoms with Crippen molar-refractivity contribution in [2.24, 2.45) is 0 Å². The van der Waals surface area contributed by atoms with E-state index in [1.165, 1.54) is 0 Å². The summed E-state index contributed by atoms with van der Waals surface area (Å²) in [6, 6.07) is 13.5. The molecule has 33 heavy (non-hydrogen) atoms. The Hall–Kier alpha value is -2.75. The van der Waals surface area contributed by atoms with Crippen LogP contribution in [0.5, 0.6) is 0 Å². The Morgan fingerprint density at radius 1 is 0.879 bits per heavy atom. The van der Waals surface area contributed by atoms with Gasteiger partial charge < -0.3 is 15.0 Å². The Morgan fingerprint density at radius 2 is 1.55 bits per heavy atom. The number of carbonyl (C=O) groups excluding carboxylic acids is 2. The highest BCUT2D eigenvalue weighted by atomic mass is 32.2. The van der Waals surface area contributed by atoms with Gasteiger partial charge in [-0.1, -0.05) is 30.7 Å². The number of amides is 2. The predicted octanol–water partition coefficient (Wildman–Crippen LogP) is 2.73. The van der Waals surface area contributed by atoms with Crippen molar-refractivity contribution in [3.8, 4) is 0 Å². The van der Waals surface area contributed by atoms with Crippen molar-refractivity contribution >= 4 is 27.5 Å². The number of nitrogens with one attached hydrogen (secondary N) is 1. The third-order valence-electron chi connectivity index (χ3n) is 5.98. The Morgan fingerprint density at radius 3 is 2.24 bits per heavy atom. The van der Waals surface area contributed by atoms with Crippen molar-refractivity contribution in [1.82, 2.24) is 9.21 Å². The molecule has 0 radical (unpaired) electrons. The highest BCUT2D eigenvalue weighted by molar-refractivity contribution is 7.88. The number of anilines is 1. The number of ether oxygens (including phenoxy) is 1. The lowest BCUT2D eigenvalue weighted by atomic mass is 10.1. The van der Waals surface area contributed by atoms with E-state index in [0.29, 0.717) is 61.8 Å². The second-order valence-electron chi connectivity index (χ2n) is 8.32. The van der Waals surface area contributed by atoms with Crippen molar-refractivity contribution in [3.63, 3.8) is 0 Å². The maximum atomic E-state index is 12.9. The first-order valence-corrected chi connectivity index (χ1v) is 12.9. The smallest absolute Gasteiger partial charge is 0.256 e. The average molecular weight is 472 g/mol. The summed E-state index contributed by atoms with van der Waals surface area (Å²) < 4.78 is 32.2. The zero-order valence-electron chi connectivity index (χ0n) is 18.5. The number of morpholine rings is 1. The number of rotatable bonds is 6. The van der Waals surface area contributed by atoms with Crippen LogP contribution in [-0.4, -0.2) is 68.8 Å². The molecule has 0 atom stereocenters. The van der Waals surface area contributed by atoms with Crippen molar-refractivity contribution in [1.29, 1.82) is 0 Å². The molecule has 2 aromatic rings. The highest BCUT2D eigenvalue weighted by Crippen LogP contribution is 2.21. The summed E-state index contributed by atoms with van der Waals surface area (Å²) in [5.41, 5.74) is 1.90. The Balaban J connectivity index is 1.43. The molecule has 2 aliphatic rings. The van der Waals surface area contributed by atoms with E-state index in [1.807, 2.05) is 0 Å². The third kappa shape index (κ3) is 5.79. The summed E-state index contributed by atoms with van der Waals surface area (Å²) in [5, 5.41) is 2.82. The van der Waals surface area contributed by atoms with E-state index in [9.17, 15) is 18.0 Å². The second kappa shape index (κ2) is 10.5. The standard InChI is InChI=1S/C24H29N3O5S/c28-23(25-22-7-3-2-6-21(22)24(29)26-14-16-32-17-15-26)20-10-8-19(9-11-20)18-33(30,31)27-12-4-1-5-13-27/h2-3,6-11H,1,4-5,12-18H2,(H,25,28). The molecular formula is C24H29N3O5S. The molecule has 1 N–H and O–H groups in total. The van der Waals surface area contributed by atoms with Crippen molar-refractivity contribution in [3.05, 3.63) is 65.2 Å². The van der Waals surface area contributed by atoms with Gasteiger partial charge in [0.25, 0.3) is 11.8 Å². The van der Waals surface area contributed by atoms with Crippen LogP contribution in [0.15, 0.2) is 48.5 Å². The summed E-state index contributed by atoms with van der Waals surface area (Å²) >= 11 is 0. The van der Waals surface area contributed by atoms with Crippen LogP contribution in [0.1, 0.15) is 45.5 Å². The molecule has 2 amide bonds. The van der Waals surface area contributed by atoms with Gasteiger partial charge in [-0.2, -0.15) is 0 Å². The van der Waals surface area contributed by atoms with Gasteiger partial charge in [-0.25, -0.2) is 12.7 Å². The molecule has 2 fully saturated rings. The summed E-state index contributed by atoms with van der Waals surface area (Å²) in [6.45, 7) is 3.18. The van der Waals surface area contributed by atoms with Gasteiger partial charge in [-0.3, -0.25) is 9.59 Å². The molecule has 0 spiro atoms. The summed E-state index contributed by atoms with van der Waals surface area (Å²) in [6.07, 6.45) is 2.86. The third-order valence-corrected chi connectivity index (χ3v) is 7.83. The molecule has 176 valence electrons. The van der Waals surface area contributed by atoms with E-state index >= 15 is 0 Å². The minimum atomic E-state index is -3.36. The monoisotopic (exact) mass is 471 g/mol. The fourth-order valence-electron chi connectivity index (χ4n) is 4.11. The number of nitrogens with zero attached hydrogens (tertiary/aromatic N) is 2. The molecule has 0 saturated carbocycles. The van der Waals surface area contributed by atoms with E-state index in [1.54, 1.807) is 57.7 Å². The minimum Gasteiger partial charge on any atom is -0.378 e. The molecule has 0 aliphatic carbocycles. The number of benzene rings is 2. The van der Waals surface area contributed by atoms with E-state index in [-0.39, 0.29) is 17.6 Å². The summed E-state index contributed by atoms with van der Waals surface area (Å²) in [7, 11) is -3.36. The quantitative estimate of drug-likeness (QED) is 0.699. The summed E-state index contributed by atoms with van der Waals surface area (Å²) in [5.74, 6) is -0.582. The number of hydrogen-bond donors (Lipinski definition) is 1. The highest BCUT2D eigenvalue weighted by Gasteiger charge is 2.25. The van der Waals surface area contributed by atoms with Crippen LogP contribution in [0, 0.1) is 0 Å². The average Bonchev–Trinajstić information content (AvgIpc) is 2.85. The Labute approximate surface area is 194 Å². The van der Waals surface area contributed by atoms with E-state index in [0.717, 1.165) is 19.3 Å². The first kappa shape index (κ1) is 23.4. The molecule has 2 heterocycles. The van der Waals surface area contributed by atoms with Gasteiger partial charge in [0.05, 0.1) is 30.2 Å². The van der Waals surface area contributed by atoms with Gasteiger partial charge in [-0.15, -0.1) is 0 Å². The van der Waals surface area contributed by atoms with Crippen molar-refractivity contribution in [2.75, 3.05) is 44.7 Å². The molecule has 2 aromatic carbocycles. The number of sulfonamides is 1. The first-order valence-electron chi connectivity index (χ1n) is 11.3. The fraction of sp³-hybridized carbons (Fsp3) is 0.417. The maximum Gasteiger partial charge on any atom is 0.256 e. The maximum absolute atomic E-state index is 12.9. The van der Waals surface area contributed by atoms with Gasteiger partial charge in [0.15, 0.2) is 0 Å². The molecule has 2 aliphatic heterocycles. The van der Waals surface area contributed by atoms with Crippen LogP contribution in [0.2, 0.25) is 0 Å². The normalized spacial score (nSPS) is 17.5. The SMILES string of the molecule is O=C(Nc1ccccc1C(=O)N1CCOCC1)c1ccc(CS(=O)(=O)N2CCCCC2)cc1. The van der Waals surface area contributed by atoms with Crippen LogP contribution < -0.4 is 5.32 Å². The van der Waals surface area contributed by atoms with E-state index in [4.69, 9.17) is 4.74 Å². The van der Waals surface area contributed by atoms with Crippen molar-refractivity contribution in [2.45, 2.75) is 25.0 Å². The van der Waals surface area contributed by atoms with Gasteiger partial charge >= 0.3 is 0 Å². The summed E-state index contributed by atoms with van der Waals surface area (Å²) in [4.78, 5) is 27.4. The Kier molecular flexibility index (Phi) is 7.42. The van der Waals surface area contributed by atoms with Gasteiger partial charge in [0.1, 0.15) is 0 Å². The molecular weight excluding hydrogens is 442 g/mol. The molecule has 2 saturated heterocycles. The lowest BCUT2D eigenvalue weighted by Crippen LogP contribution is -2.41. The van der Waals surface area contributed by atoms with Crippen molar-refractivity contribution < 1.29 is 22.7 Å². The molecule has 4 rings (SSSR count). The lowest BCUT2D eigenvalue weighted by molar-refractivity contribution is 0.0303. The lowest BCUT2D eigenvalue weighted by Gasteiger charge is -2.27. The zero-order valence-corrected chi connectivity index (χ0v) is 19.4. The molecule has 0 bridgehead atoms. The second-order valence-corrected chi connectivity index (χ2v) is 10.3. The molecule has 0 aromatic heterocycles. The fourth-order valence-corrected chi connectivity index (χ4v) is 5.72.